The van der Waals surface area contributed by atoms with Gasteiger partial charge in [0.15, 0.2) is 0 Å². The molecule has 0 spiro atoms. The molecule has 21 heavy (non-hydrogen) atoms. The molecule has 0 radical (unpaired) electrons. The van der Waals surface area contributed by atoms with Crippen molar-refractivity contribution < 1.29 is 12.8 Å². The van der Waals surface area contributed by atoms with Gasteiger partial charge in [0.25, 0.3) is 0 Å². The van der Waals surface area contributed by atoms with E-state index in [1.807, 2.05) is 0 Å². The molecule has 0 aromatic heterocycles. The molecule has 0 bridgehead atoms. The summed E-state index contributed by atoms with van der Waals surface area (Å²) < 4.78 is 36.3. The zero-order valence-electron chi connectivity index (χ0n) is 12.3. The summed E-state index contributed by atoms with van der Waals surface area (Å²) in [5.41, 5.74) is 0.424. The Hall–Kier alpha value is -1.18. The molecule has 0 amide bonds. The molecule has 5 nitrogen and oxygen atoms in total. The summed E-state index contributed by atoms with van der Waals surface area (Å²) in [6, 6.07) is 3.89. The van der Waals surface area contributed by atoms with E-state index in [1.54, 1.807) is 0 Å². The summed E-state index contributed by atoms with van der Waals surface area (Å²) in [5.74, 6) is -0.616. The van der Waals surface area contributed by atoms with Crippen molar-refractivity contribution >= 4 is 15.7 Å². The summed E-state index contributed by atoms with van der Waals surface area (Å²) in [6.07, 6.45) is 2.26. The monoisotopic (exact) mass is 315 g/mol. The average molecular weight is 315 g/mol. The largest absolute Gasteiger partial charge is 0.381 e. The molecule has 0 saturated carbocycles. The van der Waals surface area contributed by atoms with E-state index in [9.17, 15) is 12.8 Å². The molecule has 1 saturated heterocycles. The third kappa shape index (κ3) is 3.93. The highest BCUT2D eigenvalue weighted by atomic mass is 32.2. The lowest BCUT2D eigenvalue weighted by Crippen LogP contribution is -2.50. The third-order valence-corrected chi connectivity index (χ3v) is 5.01. The molecule has 1 atom stereocenters. The van der Waals surface area contributed by atoms with Crippen LogP contribution in [0.3, 0.4) is 0 Å². The van der Waals surface area contributed by atoms with E-state index in [4.69, 9.17) is 5.14 Å². The maximum atomic E-state index is 13.9. The topological polar surface area (TPSA) is 84.2 Å². The van der Waals surface area contributed by atoms with E-state index in [2.05, 4.69) is 24.5 Å². The minimum atomic E-state index is -3.88. The first-order valence-corrected chi connectivity index (χ1v) is 8.54. The zero-order valence-corrected chi connectivity index (χ0v) is 13.1. The molecule has 4 N–H and O–H groups in total. The van der Waals surface area contributed by atoms with Gasteiger partial charge in [0.05, 0.1) is 10.6 Å². The Labute approximate surface area is 125 Å². The van der Waals surface area contributed by atoms with Crippen molar-refractivity contribution in [3.63, 3.8) is 0 Å². The Balaban J connectivity index is 2.07. The van der Waals surface area contributed by atoms with E-state index < -0.39 is 15.8 Å². The van der Waals surface area contributed by atoms with Crippen molar-refractivity contribution in [3.8, 4) is 0 Å². The van der Waals surface area contributed by atoms with E-state index in [1.165, 1.54) is 12.1 Å². The number of nitrogens with one attached hydrogen (secondary N) is 2. The number of sulfonamides is 1. The molecule has 1 heterocycles. The molecule has 2 rings (SSSR count). The molecule has 1 unspecified atom stereocenters. The third-order valence-electron chi connectivity index (χ3n) is 4.10. The predicted molar refractivity (Wildman–Crippen MR) is 81.1 cm³/mol. The van der Waals surface area contributed by atoms with E-state index in [-0.39, 0.29) is 22.0 Å². The first-order valence-electron chi connectivity index (χ1n) is 7.00. The highest BCUT2D eigenvalue weighted by molar-refractivity contribution is 7.89. The number of halogens is 1. The average Bonchev–Trinajstić information content (AvgIpc) is 2.37. The fourth-order valence-corrected chi connectivity index (χ4v) is 3.17. The van der Waals surface area contributed by atoms with Crippen LogP contribution >= 0.6 is 0 Å². The van der Waals surface area contributed by atoms with Gasteiger partial charge in [0.1, 0.15) is 5.82 Å². The number of hydrogen-bond acceptors (Lipinski definition) is 4. The number of hydrogen-bond donors (Lipinski definition) is 3. The van der Waals surface area contributed by atoms with E-state index in [0.717, 1.165) is 25.5 Å². The van der Waals surface area contributed by atoms with Crippen LogP contribution in [0.5, 0.6) is 0 Å². The van der Waals surface area contributed by atoms with Crippen LogP contribution in [0, 0.1) is 11.2 Å². The van der Waals surface area contributed by atoms with E-state index in [0.29, 0.717) is 6.54 Å². The number of benzene rings is 1. The minimum Gasteiger partial charge on any atom is -0.381 e. The molecule has 1 aromatic rings. The molecular formula is C14H22FN3O2S. The lowest BCUT2D eigenvalue weighted by Gasteiger charge is -2.39. The molecular weight excluding hydrogens is 293 g/mol. The fourth-order valence-electron chi connectivity index (χ4n) is 2.65. The Kier molecular flexibility index (Phi) is 4.55. The van der Waals surface area contributed by atoms with Crippen molar-refractivity contribution in [2.75, 3.05) is 18.4 Å². The Bertz CT molecular complexity index is 617. The van der Waals surface area contributed by atoms with Gasteiger partial charge in [-0.05, 0) is 43.0 Å². The summed E-state index contributed by atoms with van der Waals surface area (Å²) in [5, 5.41) is 11.5. The second-order valence-electron chi connectivity index (χ2n) is 6.17. The molecule has 0 aliphatic carbocycles. The lowest BCUT2D eigenvalue weighted by molar-refractivity contribution is 0.188. The maximum Gasteiger partial charge on any atom is 0.238 e. The number of anilines is 1. The SMILES string of the molecule is CC1(C)CCCNC1CNc1ccc(S(N)(=O)=O)cc1F. The van der Waals surface area contributed by atoms with Crippen molar-refractivity contribution in [2.45, 2.75) is 37.6 Å². The van der Waals surface area contributed by atoms with Gasteiger partial charge in [-0.2, -0.15) is 0 Å². The van der Waals surface area contributed by atoms with Crippen LogP contribution in [-0.2, 0) is 10.0 Å². The van der Waals surface area contributed by atoms with Gasteiger partial charge in [-0.1, -0.05) is 13.8 Å². The number of piperidine rings is 1. The number of nitrogens with two attached hydrogens (primary N) is 1. The summed E-state index contributed by atoms with van der Waals surface area (Å²) in [6.45, 7) is 5.92. The normalized spacial score (nSPS) is 22.0. The first-order chi connectivity index (χ1) is 9.70. The zero-order chi connectivity index (χ0) is 15.7. The van der Waals surface area contributed by atoms with Crippen LogP contribution in [-0.4, -0.2) is 27.5 Å². The fraction of sp³-hybridized carbons (Fsp3) is 0.571. The Morgan fingerprint density at radius 3 is 2.76 bits per heavy atom. The highest BCUT2D eigenvalue weighted by Gasteiger charge is 2.31. The summed E-state index contributed by atoms with van der Waals surface area (Å²) >= 11 is 0. The Morgan fingerprint density at radius 2 is 2.19 bits per heavy atom. The minimum absolute atomic E-state index is 0.141. The molecule has 1 aromatic carbocycles. The van der Waals surface area contributed by atoms with Crippen LogP contribution in [0.4, 0.5) is 10.1 Å². The Morgan fingerprint density at radius 1 is 1.48 bits per heavy atom. The van der Waals surface area contributed by atoms with Gasteiger partial charge in [-0.3, -0.25) is 0 Å². The second kappa shape index (κ2) is 5.90. The first kappa shape index (κ1) is 16.2. The summed E-state index contributed by atoms with van der Waals surface area (Å²) in [4.78, 5) is -0.221. The van der Waals surface area contributed by atoms with Gasteiger partial charge in [0.2, 0.25) is 10.0 Å². The van der Waals surface area contributed by atoms with Crippen LogP contribution in [0.15, 0.2) is 23.1 Å². The quantitative estimate of drug-likeness (QED) is 0.789. The standard InChI is InChI=1S/C14H22FN3O2S/c1-14(2)6-3-7-17-13(14)9-18-12-5-4-10(8-11(12)15)21(16,19)20/h4-5,8,13,17-18H,3,6-7,9H2,1-2H3,(H2,16,19,20). The van der Waals surface area contributed by atoms with Crippen molar-refractivity contribution in [1.29, 1.82) is 0 Å². The van der Waals surface area contributed by atoms with Gasteiger partial charge in [-0.15, -0.1) is 0 Å². The smallest absolute Gasteiger partial charge is 0.238 e. The molecule has 118 valence electrons. The summed E-state index contributed by atoms with van der Waals surface area (Å²) in [7, 11) is -3.88. The molecule has 1 fully saturated rings. The van der Waals surface area contributed by atoms with Crippen LogP contribution in [0.25, 0.3) is 0 Å². The number of primary sulfonamides is 1. The number of rotatable bonds is 4. The predicted octanol–water partition coefficient (Wildman–Crippen LogP) is 1.66. The van der Waals surface area contributed by atoms with Crippen molar-refractivity contribution in [3.05, 3.63) is 24.0 Å². The van der Waals surface area contributed by atoms with Gasteiger partial charge >= 0.3 is 0 Å². The van der Waals surface area contributed by atoms with Crippen molar-refractivity contribution in [2.24, 2.45) is 10.6 Å². The van der Waals surface area contributed by atoms with Crippen molar-refractivity contribution in [1.82, 2.24) is 5.32 Å². The van der Waals surface area contributed by atoms with Gasteiger partial charge < -0.3 is 10.6 Å². The maximum absolute atomic E-state index is 13.9. The second-order valence-corrected chi connectivity index (χ2v) is 7.73. The van der Waals surface area contributed by atoms with Crippen LogP contribution in [0.2, 0.25) is 0 Å². The lowest BCUT2D eigenvalue weighted by atomic mass is 9.77. The molecule has 7 heteroatoms. The van der Waals surface area contributed by atoms with E-state index >= 15 is 0 Å². The van der Waals surface area contributed by atoms with Gasteiger partial charge in [-0.25, -0.2) is 17.9 Å². The highest BCUT2D eigenvalue weighted by Crippen LogP contribution is 2.30. The van der Waals surface area contributed by atoms with Crippen LogP contribution < -0.4 is 15.8 Å². The van der Waals surface area contributed by atoms with Gasteiger partial charge in [0, 0.05) is 12.6 Å². The molecule has 1 aliphatic heterocycles. The van der Waals surface area contributed by atoms with Crippen LogP contribution in [0.1, 0.15) is 26.7 Å². The molecule has 1 aliphatic rings.